The van der Waals surface area contributed by atoms with Crippen LogP contribution in [-0.2, 0) is 28.8 Å². The number of ether oxygens (including phenoxy) is 3. The second-order valence-corrected chi connectivity index (χ2v) is 10.7. The SMILES string of the molecule is C=CC(=O)OCCCCCCOc1ccc(C(=O)Oc2c(C=O)cc(CCc3ccc(CCCCC)cc3)cc2C=O)cc1. The number of hydrogen-bond donors (Lipinski definition) is 0. The Morgan fingerprint density at radius 1 is 0.705 bits per heavy atom. The zero-order chi connectivity index (χ0) is 31.6. The van der Waals surface area contributed by atoms with Gasteiger partial charge in [-0.15, -0.1) is 0 Å². The Labute approximate surface area is 260 Å². The monoisotopic (exact) mass is 598 g/mol. The van der Waals surface area contributed by atoms with Gasteiger partial charge in [-0.3, -0.25) is 9.59 Å². The average Bonchev–Trinajstić information content (AvgIpc) is 3.06. The van der Waals surface area contributed by atoms with E-state index >= 15 is 0 Å². The molecule has 232 valence electrons. The maximum Gasteiger partial charge on any atom is 0.343 e. The first-order valence-corrected chi connectivity index (χ1v) is 15.4. The summed E-state index contributed by atoms with van der Waals surface area (Å²) in [5.41, 5.74) is 3.90. The van der Waals surface area contributed by atoms with Gasteiger partial charge >= 0.3 is 11.9 Å². The zero-order valence-electron chi connectivity index (χ0n) is 25.6. The lowest BCUT2D eigenvalue weighted by Gasteiger charge is -2.12. The van der Waals surface area contributed by atoms with Crippen molar-refractivity contribution in [3.63, 3.8) is 0 Å². The van der Waals surface area contributed by atoms with Gasteiger partial charge in [-0.25, -0.2) is 9.59 Å². The van der Waals surface area contributed by atoms with Gasteiger partial charge in [0.15, 0.2) is 18.3 Å². The summed E-state index contributed by atoms with van der Waals surface area (Å²) < 4.78 is 16.2. The van der Waals surface area contributed by atoms with Crippen LogP contribution < -0.4 is 9.47 Å². The Balaban J connectivity index is 1.51. The van der Waals surface area contributed by atoms with Crippen molar-refractivity contribution < 1.29 is 33.4 Å². The number of hydrogen-bond acceptors (Lipinski definition) is 7. The van der Waals surface area contributed by atoms with Crippen molar-refractivity contribution in [1.29, 1.82) is 0 Å². The van der Waals surface area contributed by atoms with E-state index in [-0.39, 0.29) is 22.4 Å². The van der Waals surface area contributed by atoms with E-state index < -0.39 is 11.9 Å². The first-order valence-electron chi connectivity index (χ1n) is 15.4. The van der Waals surface area contributed by atoms with Crippen molar-refractivity contribution in [2.24, 2.45) is 0 Å². The minimum Gasteiger partial charge on any atom is -0.494 e. The Morgan fingerprint density at radius 2 is 1.30 bits per heavy atom. The van der Waals surface area contributed by atoms with Crippen molar-refractivity contribution in [1.82, 2.24) is 0 Å². The molecule has 0 aromatic heterocycles. The molecule has 0 aliphatic rings. The van der Waals surface area contributed by atoms with Crippen LogP contribution in [-0.4, -0.2) is 37.7 Å². The lowest BCUT2D eigenvalue weighted by molar-refractivity contribution is -0.137. The smallest absolute Gasteiger partial charge is 0.343 e. The van der Waals surface area contributed by atoms with Crippen molar-refractivity contribution >= 4 is 24.5 Å². The van der Waals surface area contributed by atoms with Crippen molar-refractivity contribution in [3.8, 4) is 11.5 Å². The Morgan fingerprint density at radius 3 is 1.89 bits per heavy atom. The van der Waals surface area contributed by atoms with Gasteiger partial charge < -0.3 is 14.2 Å². The highest BCUT2D eigenvalue weighted by Gasteiger charge is 2.17. The van der Waals surface area contributed by atoms with Gasteiger partial charge in [-0.1, -0.05) is 50.6 Å². The maximum atomic E-state index is 12.9. The molecule has 7 nitrogen and oxygen atoms in total. The van der Waals surface area contributed by atoms with Crippen LogP contribution in [0, 0.1) is 0 Å². The molecule has 0 radical (unpaired) electrons. The molecule has 0 saturated heterocycles. The van der Waals surface area contributed by atoms with Gasteiger partial charge in [0.1, 0.15) is 5.75 Å². The molecular formula is C37H42O7. The number of aryl methyl sites for hydroxylation is 3. The standard InChI is InChI=1S/C37H42O7/c1-3-5-8-11-28-12-14-29(15-13-28)16-17-30-24-32(26-38)36(33(25-30)27-39)44-37(41)31-18-20-34(21-19-31)42-22-9-6-7-10-23-43-35(40)4-2/h4,12-15,18-21,24-27H,2-3,5-11,16-17,22-23H2,1H3. The molecule has 3 aromatic rings. The molecule has 3 aromatic carbocycles. The highest BCUT2D eigenvalue weighted by atomic mass is 16.5. The van der Waals surface area contributed by atoms with Gasteiger partial charge in [0, 0.05) is 6.08 Å². The number of esters is 2. The molecule has 0 amide bonds. The molecule has 7 heteroatoms. The third-order valence-corrected chi connectivity index (χ3v) is 7.26. The van der Waals surface area contributed by atoms with E-state index in [0.717, 1.165) is 50.2 Å². The fraction of sp³-hybridized carbons (Fsp3) is 0.351. The number of aldehydes is 2. The predicted octanol–water partition coefficient (Wildman–Crippen LogP) is 7.72. The molecule has 0 heterocycles. The largest absolute Gasteiger partial charge is 0.494 e. The van der Waals surface area contributed by atoms with E-state index in [9.17, 15) is 19.2 Å². The van der Waals surface area contributed by atoms with Crippen LogP contribution in [0.25, 0.3) is 0 Å². The van der Waals surface area contributed by atoms with Crippen LogP contribution in [0.4, 0.5) is 0 Å². The van der Waals surface area contributed by atoms with Crippen LogP contribution >= 0.6 is 0 Å². The van der Waals surface area contributed by atoms with Crippen molar-refractivity contribution in [2.75, 3.05) is 13.2 Å². The maximum absolute atomic E-state index is 12.9. The molecule has 0 unspecified atom stereocenters. The van der Waals surface area contributed by atoms with E-state index in [4.69, 9.17) is 14.2 Å². The fourth-order valence-electron chi connectivity index (χ4n) is 4.73. The van der Waals surface area contributed by atoms with Crippen LogP contribution in [0.5, 0.6) is 11.5 Å². The van der Waals surface area contributed by atoms with Crippen LogP contribution in [0.1, 0.15) is 99.6 Å². The van der Waals surface area contributed by atoms with Gasteiger partial charge in [0.2, 0.25) is 0 Å². The summed E-state index contributed by atoms with van der Waals surface area (Å²) in [4.78, 5) is 47.7. The zero-order valence-corrected chi connectivity index (χ0v) is 25.6. The third kappa shape index (κ3) is 11.3. The Kier molecular flexibility index (Phi) is 14.6. The molecule has 0 N–H and O–H groups in total. The lowest BCUT2D eigenvalue weighted by Crippen LogP contribution is -2.12. The summed E-state index contributed by atoms with van der Waals surface area (Å²) in [5, 5.41) is 0. The molecular weight excluding hydrogens is 556 g/mol. The van der Waals surface area contributed by atoms with Gasteiger partial charge in [-0.05, 0) is 104 Å². The average molecular weight is 599 g/mol. The van der Waals surface area contributed by atoms with Gasteiger partial charge in [0.05, 0.1) is 29.9 Å². The van der Waals surface area contributed by atoms with E-state index in [1.807, 2.05) is 0 Å². The van der Waals surface area contributed by atoms with Crippen molar-refractivity contribution in [3.05, 3.63) is 107 Å². The summed E-state index contributed by atoms with van der Waals surface area (Å²) >= 11 is 0. The number of benzene rings is 3. The van der Waals surface area contributed by atoms with E-state index in [1.54, 1.807) is 36.4 Å². The third-order valence-electron chi connectivity index (χ3n) is 7.26. The molecule has 0 spiro atoms. The first-order chi connectivity index (χ1) is 21.5. The topological polar surface area (TPSA) is 96.0 Å². The summed E-state index contributed by atoms with van der Waals surface area (Å²) in [6.07, 6.45) is 11.9. The Bertz CT molecular complexity index is 1340. The molecule has 44 heavy (non-hydrogen) atoms. The highest BCUT2D eigenvalue weighted by molar-refractivity contribution is 5.96. The van der Waals surface area contributed by atoms with Crippen molar-refractivity contribution in [2.45, 2.75) is 71.1 Å². The van der Waals surface area contributed by atoms with E-state index in [0.29, 0.717) is 38.0 Å². The van der Waals surface area contributed by atoms with Crippen LogP contribution in [0.2, 0.25) is 0 Å². The molecule has 0 bridgehead atoms. The van der Waals surface area contributed by atoms with Crippen LogP contribution in [0.3, 0.4) is 0 Å². The second-order valence-electron chi connectivity index (χ2n) is 10.7. The van der Waals surface area contributed by atoms with Gasteiger partial charge in [-0.2, -0.15) is 0 Å². The van der Waals surface area contributed by atoms with Crippen LogP contribution in [0.15, 0.2) is 73.3 Å². The number of carbonyl (C=O) groups excluding carboxylic acids is 4. The summed E-state index contributed by atoms with van der Waals surface area (Å²) in [6, 6.07) is 18.4. The minimum absolute atomic E-state index is 0.0419. The normalized spacial score (nSPS) is 10.6. The number of rotatable bonds is 20. The molecule has 3 rings (SSSR count). The number of unbranched alkanes of at least 4 members (excludes halogenated alkanes) is 5. The molecule has 0 atom stereocenters. The fourth-order valence-corrected chi connectivity index (χ4v) is 4.73. The van der Waals surface area contributed by atoms with E-state index in [1.165, 1.54) is 30.4 Å². The summed E-state index contributed by atoms with van der Waals surface area (Å²) in [7, 11) is 0. The molecule has 0 aliphatic carbocycles. The number of carbonyl (C=O) groups is 4. The van der Waals surface area contributed by atoms with Gasteiger partial charge in [0.25, 0.3) is 0 Å². The molecule has 0 fully saturated rings. The highest BCUT2D eigenvalue weighted by Crippen LogP contribution is 2.26. The second kappa shape index (κ2) is 18.9. The first kappa shape index (κ1) is 34.0. The summed E-state index contributed by atoms with van der Waals surface area (Å²) in [6.45, 7) is 6.45. The molecule has 0 aliphatic heterocycles. The van der Waals surface area contributed by atoms with E-state index in [2.05, 4.69) is 37.8 Å². The molecule has 0 saturated carbocycles. The quantitative estimate of drug-likeness (QED) is 0.0432. The summed E-state index contributed by atoms with van der Waals surface area (Å²) in [5.74, 6) is -0.516. The predicted molar refractivity (Wildman–Crippen MR) is 171 cm³/mol. The Hall–Kier alpha value is -4.52. The minimum atomic E-state index is -0.674. The lowest BCUT2D eigenvalue weighted by atomic mass is 9.98.